The summed E-state index contributed by atoms with van der Waals surface area (Å²) in [6.45, 7) is 5.93. The predicted octanol–water partition coefficient (Wildman–Crippen LogP) is 4.67. The largest absolute Gasteiger partial charge is 0.493 e. The monoisotopic (exact) mass is 498 g/mol. The lowest BCUT2D eigenvalue weighted by Gasteiger charge is -2.18. The lowest BCUT2D eigenvalue weighted by atomic mass is 10.1. The van der Waals surface area contributed by atoms with E-state index in [-0.39, 0.29) is 11.7 Å². The van der Waals surface area contributed by atoms with Crippen molar-refractivity contribution >= 4 is 17.7 Å². The molecule has 0 aliphatic heterocycles. The van der Waals surface area contributed by atoms with Crippen LogP contribution in [0.15, 0.2) is 53.7 Å². The summed E-state index contributed by atoms with van der Waals surface area (Å²) < 4.78 is 18.6. The van der Waals surface area contributed by atoms with Crippen LogP contribution in [-0.2, 0) is 24.5 Å². The summed E-state index contributed by atoms with van der Waals surface area (Å²) in [6, 6.07) is 15.3. The number of carbonyl (C=O) groups is 1. The van der Waals surface area contributed by atoms with Crippen molar-refractivity contribution < 1.29 is 19.0 Å². The Morgan fingerprint density at radius 3 is 2.49 bits per heavy atom. The standard InChI is InChI=1S/C26H34N4O4S/c1-19(2)13-14-30-24(17-34-21-9-7-6-8-10-21)27-28-26(30)35-18-25(31)29(3)16-20-11-12-22(32-4)23(15-20)33-5/h6-12,15,19H,13-14,16-18H2,1-5H3. The Morgan fingerprint density at radius 2 is 1.80 bits per heavy atom. The number of thioether (sulfide) groups is 1. The van der Waals surface area contributed by atoms with Crippen LogP contribution < -0.4 is 14.2 Å². The van der Waals surface area contributed by atoms with Gasteiger partial charge in [0.1, 0.15) is 12.4 Å². The first-order valence-electron chi connectivity index (χ1n) is 11.6. The van der Waals surface area contributed by atoms with Crippen LogP contribution in [0.4, 0.5) is 0 Å². The predicted molar refractivity (Wildman–Crippen MR) is 137 cm³/mol. The van der Waals surface area contributed by atoms with Crippen molar-refractivity contribution in [3.8, 4) is 17.2 Å². The maximum atomic E-state index is 12.9. The average molecular weight is 499 g/mol. The number of aromatic nitrogens is 3. The summed E-state index contributed by atoms with van der Waals surface area (Å²) in [5.41, 5.74) is 0.962. The Bertz CT molecular complexity index is 1090. The molecule has 3 rings (SSSR count). The molecule has 9 heteroatoms. The molecule has 3 aromatic rings. The molecule has 0 bridgehead atoms. The molecular weight excluding hydrogens is 464 g/mol. The van der Waals surface area contributed by atoms with Gasteiger partial charge in [-0.1, -0.05) is 49.9 Å². The fraction of sp³-hybridized carbons (Fsp3) is 0.423. The van der Waals surface area contributed by atoms with Gasteiger partial charge >= 0.3 is 0 Å². The molecule has 0 atom stereocenters. The van der Waals surface area contributed by atoms with Gasteiger partial charge in [0.2, 0.25) is 5.91 Å². The Kier molecular flexibility index (Phi) is 9.84. The van der Waals surface area contributed by atoms with Crippen LogP contribution >= 0.6 is 11.8 Å². The van der Waals surface area contributed by atoms with E-state index in [4.69, 9.17) is 14.2 Å². The molecule has 1 amide bonds. The number of para-hydroxylation sites is 1. The highest BCUT2D eigenvalue weighted by molar-refractivity contribution is 7.99. The maximum absolute atomic E-state index is 12.9. The van der Waals surface area contributed by atoms with E-state index in [1.165, 1.54) is 11.8 Å². The highest BCUT2D eigenvalue weighted by Gasteiger charge is 2.17. The van der Waals surface area contributed by atoms with Gasteiger partial charge in [-0.05, 0) is 42.2 Å². The first-order chi connectivity index (χ1) is 16.9. The second-order valence-corrected chi connectivity index (χ2v) is 9.50. The van der Waals surface area contributed by atoms with Gasteiger partial charge in [-0.2, -0.15) is 0 Å². The van der Waals surface area contributed by atoms with Crippen molar-refractivity contribution in [2.75, 3.05) is 27.0 Å². The second kappa shape index (κ2) is 13.0. The minimum absolute atomic E-state index is 0.00489. The quantitative estimate of drug-likeness (QED) is 0.317. The van der Waals surface area contributed by atoms with Gasteiger partial charge in [0.05, 0.1) is 20.0 Å². The first kappa shape index (κ1) is 26.4. The third-order valence-corrected chi connectivity index (χ3v) is 6.40. The van der Waals surface area contributed by atoms with Gasteiger partial charge in [-0.25, -0.2) is 0 Å². The SMILES string of the molecule is COc1ccc(CN(C)C(=O)CSc2nnc(COc3ccccc3)n2CCC(C)C)cc1OC. The minimum atomic E-state index is 0.00489. The lowest BCUT2D eigenvalue weighted by molar-refractivity contribution is -0.127. The zero-order valence-electron chi connectivity index (χ0n) is 21.1. The average Bonchev–Trinajstić information content (AvgIpc) is 3.26. The summed E-state index contributed by atoms with van der Waals surface area (Å²) in [5, 5.41) is 9.44. The van der Waals surface area contributed by atoms with Gasteiger partial charge in [0.25, 0.3) is 0 Å². The number of ether oxygens (including phenoxy) is 3. The van der Waals surface area contributed by atoms with E-state index < -0.39 is 0 Å². The van der Waals surface area contributed by atoms with E-state index >= 15 is 0 Å². The topological polar surface area (TPSA) is 78.7 Å². The van der Waals surface area contributed by atoms with E-state index in [1.807, 2.05) is 48.5 Å². The van der Waals surface area contributed by atoms with Crippen LogP contribution in [0.25, 0.3) is 0 Å². The molecule has 0 aliphatic carbocycles. The number of benzene rings is 2. The number of carbonyl (C=O) groups excluding carboxylic acids is 1. The van der Waals surface area contributed by atoms with Crippen molar-refractivity contribution in [1.29, 1.82) is 0 Å². The molecule has 0 spiro atoms. The fourth-order valence-electron chi connectivity index (χ4n) is 3.39. The van der Waals surface area contributed by atoms with Crippen LogP contribution in [-0.4, -0.2) is 52.6 Å². The van der Waals surface area contributed by atoms with E-state index in [2.05, 4.69) is 28.6 Å². The van der Waals surface area contributed by atoms with Gasteiger partial charge in [-0.3, -0.25) is 4.79 Å². The van der Waals surface area contributed by atoms with E-state index in [0.717, 1.165) is 35.3 Å². The third kappa shape index (κ3) is 7.65. The highest BCUT2D eigenvalue weighted by Crippen LogP contribution is 2.28. The molecule has 0 unspecified atom stereocenters. The molecule has 0 saturated carbocycles. The number of rotatable bonds is 13. The van der Waals surface area contributed by atoms with Crippen molar-refractivity contribution in [2.45, 2.75) is 45.1 Å². The summed E-state index contributed by atoms with van der Waals surface area (Å²) in [5.74, 6) is 3.65. The summed E-state index contributed by atoms with van der Waals surface area (Å²) in [6.07, 6.45) is 0.983. The summed E-state index contributed by atoms with van der Waals surface area (Å²) in [4.78, 5) is 14.6. The van der Waals surface area contributed by atoms with Gasteiger partial charge in [-0.15, -0.1) is 10.2 Å². The molecule has 0 saturated heterocycles. The Balaban J connectivity index is 1.62. The van der Waals surface area contributed by atoms with Gasteiger partial charge in [0, 0.05) is 20.1 Å². The van der Waals surface area contributed by atoms with E-state index in [0.29, 0.717) is 30.6 Å². The second-order valence-electron chi connectivity index (χ2n) is 8.56. The van der Waals surface area contributed by atoms with Gasteiger partial charge < -0.3 is 23.7 Å². The number of nitrogens with zero attached hydrogens (tertiary/aromatic N) is 4. The Morgan fingerprint density at radius 1 is 1.06 bits per heavy atom. The molecule has 8 nitrogen and oxygen atoms in total. The molecular formula is C26H34N4O4S. The number of hydrogen-bond acceptors (Lipinski definition) is 7. The molecule has 0 N–H and O–H groups in total. The van der Waals surface area contributed by atoms with Crippen molar-refractivity contribution in [2.24, 2.45) is 5.92 Å². The zero-order chi connectivity index (χ0) is 25.2. The molecule has 0 radical (unpaired) electrons. The van der Waals surface area contributed by atoms with E-state index in [1.54, 1.807) is 26.2 Å². The van der Waals surface area contributed by atoms with E-state index in [9.17, 15) is 4.79 Å². The van der Waals surface area contributed by atoms with Crippen LogP contribution in [0.1, 0.15) is 31.7 Å². The number of hydrogen-bond donors (Lipinski definition) is 0. The number of amides is 1. The van der Waals surface area contributed by atoms with Crippen molar-refractivity contribution in [1.82, 2.24) is 19.7 Å². The normalized spacial score (nSPS) is 10.9. The van der Waals surface area contributed by atoms with Crippen LogP contribution in [0.2, 0.25) is 0 Å². The Hall–Kier alpha value is -3.20. The van der Waals surface area contributed by atoms with Crippen molar-refractivity contribution in [3.63, 3.8) is 0 Å². The van der Waals surface area contributed by atoms with Crippen molar-refractivity contribution in [3.05, 3.63) is 59.9 Å². The first-order valence-corrected chi connectivity index (χ1v) is 12.6. The summed E-state index contributed by atoms with van der Waals surface area (Å²) >= 11 is 1.40. The minimum Gasteiger partial charge on any atom is -0.493 e. The van der Waals surface area contributed by atoms with Crippen LogP contribution in [0.5, 0.6) is 17.2 Å². The smallest absolute Gasteiger partial charge is 0.233 e. The van der Waals surface area contributed by atoms with Crippen LogP contribution in [0, 0.1) is 5.92 Å². The fourth-order valence-corrected chi connectivity index (χ4v) is 4.31. The molecule has 0 fully saturated rings. The molecule has 2 aromatic carbocycles. The lowest BCUT2D eigenvalue weighted by Crippen LogP contribution is -2.28. The maximum Gasteiger partial charge on any atom is 0.233 e. The van der Waals surface area contributed by atoms with Gasteiger partial charge in [0.15, 0.2) is 22.5 Å². The number of methoxy groups -OCH3 is 2. The summed E-state index contributed by atoms with van der Waals surface area (Å²) in [7, 11) is 4.99. The molecule has 0 aliphatic rings. The molecule has 1 heterocycles. The molecule has 188 valence electrons. The third-order valence-electron chi connectivity index (χ3n) is 5.45. The molecule has 35 heavy (non-hydrogen) atoms. The molecule has 1 aromatic heterocycles. The zero-order valence-corrected chi connectivity index (χ0v) is 21.9. The Labute approximate surface area is 211 Å². The highest BCUT2D eigenvalue weighted by atomic mass is 32.2. The van der Waals surface area contributed by atoms with Crippen LogP contribution in [0.3, 0.4) is 0 Å².